The van der Waals surface area contributed by atoms with Crippen LogP contribution < -0.4 is 4.74 Å². The summed E-state index contributed by atoms with van der Waals surface area (Å²) in [5.74, 6) is -0.0457. The molecule has 28 heavy (non-hydrogen) atoms. The van der Waals surface area contributed by atoms with Crippen molar-refractivity contribution in [1.82, 2.24) is 9.80 Å². The summed E-state index contributed by atoms with van der Waals surface area (Å²) in [6.07, 6.45) is 2.86. The molecule has 2 unspecified atom stereocenters. The van der Waals surface area contributed by atoms with Gasteiger partial charge in [0, 0.05) is 39.0 Å². The molecule has 3 rings (SSSR count). The van der Waals surface area contributed by atoms with Crippen LogP contribution in [-0.4, -0.2) is 59.4 Å². The van der Waals surface area contributed by atoms with Crippen molar-refractivity contribution >= 4 is 17.8 Å². The number of likely N-dealkylation sites (tertiary alicyclic amines) is 2. The summed E-state index contributed by atoms with van der Waals surface area (Å²) in [4.78, 5) is 39.7. The van der Waals surface area contributed by atoms with Gasteiger partial charge in [-0.3, -0.25) is 14.4 Å². The largest absolute Gasteiger partial charge is 0.497 e. The average Bonchev–Trinajstić information content (AvgIpc) is 3.07. The number of rotatable bonds is 7. The maximum atomic E-state index is 12.9. The molecule has 0 spiro atoms. The van der Waals surface area contributed by atoms with E-state index in [1.165, 1.54) is 0 Å². The first-order valence-corrected chi connectivity index (χ1v) is 9.87. The molecule has 2 heterocycles. The van der Waals surface area contributed by atoms with E-state index in [1.54, 1.807) is 12.0 Å². The molecule has 1 aromatic rings. The van der Waals surface area contributed by atoms with Gasteiger partial charge in [-0.2, -0.15) is 0 Å². The minimum absolute atomic E-state index is 0.00797. The lowest BCUT2D eigenvalue weighted by molar-refractivity contribution is -0.138. The summed E-state index contributed by atoms with van der Waals surface area (Å²) < 4.78 is 5.15. The summed E-state index contributed by atoms with van der Waals surface area (Å²) in [6, 6.07) is 7.59. The average molecular weight is 388 g/mol. The molecule has 0 bridgehead atoms. The fourth-order valence-electron chi connectivity index (χ4n) is 4.13. The van der Waals surface area contributed by atoms with Crippen LogP contribution in [0, 0.1) is 11.8 Å². The molecule has 2 amide bonds. The summed E-state index contributed by atoms with van der Waals surface area (Å²) >= 11 is 0. The van der Waals surface area contributed by atoms with Gasteiger partial charge in [0.05, 0.1) is 13.0 Å². The fourth-order valence-corrected chi connectivity index (χ4v) is 4.13. The van der Waals surface area contributed by atoms with E-state index in [4.69, 9.17) is 9.84 Å². The maximum Gasteiger partial charge on any atom is 0.303 e. The number of carbonyl (C=O) groups is 3. The van der Waals surface area contributed by atoms with E-state index in [2.05, 4.69) is 0 Å². The molecule has 2 aliphatic heterocycles. The van der Waals surface area contributed by atoms with Gasteiger partial charge < -0.3 is 19.6 Å². The number of aliphatic carboxylic acids is 1. The molecule has 7 nitrogen and oxygen atoms in total. The number of amides is 2. The highest BCUT2D eigenvalue weighted by molar-refractivity contribution is 5.89. The summed E-state index contributed by atoms with van der Waals surface area (Å²) in [5.41, 5.74) is 1.01. The number of methoxy groups -OCH3 is 1. The number of carboxylic acid groups (broad SMARTS) is 1. The van der Waals surface area contributed by atoms with E-state index < -0.39 is 5.97 Å². The zero-order chi connectivity index (χ0) is 20.1. The Morgan fingerprint density at radius 2 is 1.96 bits per heavy atom. The van der Waals surface area contributed by atoms with E-state index in [1.807, 2.05) is 29.2 Å². The minimum atomic E-state index is -0.793. The SMILES string of the molecule is COc1ccc(CN2CC(C(=O)N3CCCC(CCC(=O)O)C3)CC2=O)cc1. The quantitative estimate of drug-likeness (QED) is 0.773. The highest BCUT2D eigenvalue weighted by Gasteiger charge is 2.37. The maximum absolute atomic E-state index is 12.9. The van der Waals surface area contributed by atoms with Crippen LogP contribution in [0.1, 0.15) is 37.7 Å². The zero-order valence-corrected chi connectivity index (χ0v) is 16.3. The van der Waals surface area contributed by atoms with Gasteiger partial charge in [-0.15, -0.1) is 0 Å². The summed E-state index contributed by atoms with van der Waals surface area (Å²) in [6.45, 7) is 2.24. The van der Waals surface area contributed by atoms with Crippen molar-refractivity contribution in [2.24, 2.45) is 11.8 Å². The van der Waals surface area contributed by atoms with E-state index >= 15 is 0 Å². The third kappa shape index (κ3) is 5.03. The first kappa shape index (κ1) is 20.2. The van der Waals surface area contributed by atoms with Crippen molar-refractivity contribution in [1.29, 1.82) is 0 Å². The Bertz CT molecular complexity index is 718. The molecule has 2 aliphatic rings. The first-order chi connectivity index (χ1) is 13.5. The second-order valence-electron chi connectivity index (χ2n) is 7.75. The monoisotopic (exact) mass is 388 g/mol. The van der Waals surface area contributed by atoms with Crippen LogP contribution in [0.25, 0.3) is 0 Å². The second-order valence-corrected chi connectivity index (χ2v) is 7.75. The lowest BCUT2D eigenvalue weighted by Gasteiger charge is -2.34. The highest BCUT2D eigenvalue weighted by atomic mass is 16.5. The van der Waals surface area contributed by atoms with E-state index in [9.17, 15) is 14.4 Å². The number of carboxylic acids is 1. The van der Waals surface area contributed by atoms with Gasteiger partial charge in [-0.1, -0.05) is 12.1 Å². The van der Waals surface area contributed by atoms with Crippen molar-refractivity contribution in [2.75, 3.05) is 26.7 Å². The standard InChI is InChI=1S/C21H28N2O5/c1-28-18-7-4-16(5-8-18)13-23-14-17(11-19(23)24)21(27)22-10-2-3-15(12-22)6-9-20(25)26/h4-5,7-8,15,17H,2-3,6,9-14H2,1H3,(H,25,26). The predicted molar refractivity (Wildman–Crippen MR) is 103 cm³/mol. The van der Waals surface area contributed by atoms with Crippen LogP contribution in [0.5, 0.6) is 5.75 Å². The van der Waals surface area contributed by atoms with Crippen molar-refractivity contribution < 1.29 is 24.2 Å². The molecule has 2 fully saturated rings. The van der Waals surface area contributed by atoms with Crippen molar-refractivity contribution in [3.05, 3.63) is 29.8 Å². The molecule has 1 aromatic carbocycles. The van der Waals surface area contributed by atoms with Crippen LogP contribution in [0.15, 0.2) is 24.3 Å². The second kappa shape index (κ2) is 9.08. The number of piperidine rings is 1. The van der Waals surface area contributed by atoms with E-state index in [0.717, 1.165) is 24.2 Å². The van der Waals surface area contributed by atoms with Crippen LogP contribution in [0.2, 0.25) is 0 Å². The number of nitrogens with zero attached hydrogens (tertiary/aromatic N) is 2. The smallest absolute Gasteiger partial charge is 0.303 e. The van der Waals surface area contributed by atoms with Gasteiger partial charge in [0.2, 0.25) is 11.8 Å². The number of carbonyl (C=O) groups excluding carboxylic acids is 2. The Labute approximate surface area is 165 Å². The molecule has 152 valence electrons. The number of hydrogen-bond donors (Lipinski definition) is 1. The van der Waals surface area contributed by atoms with Crippen molar-refractivity contribution in [3.63, 3.8) is 0 Å². The Morgan fingerprint density at radius 3 is 2.64 bits per heavy atom. The Balaban J connectivity index is 1.54. The van der Waals surface area contributed by atoms with Gasteiger partial charge in [-0.25, -0.2) is 0 Å². The van der Waals surface area contributed by atoms with E-state index in [0.29, 0.717) is 32.6 Å². The summed E-state index contributed by atoms with van der Waals surface area (Å²) in [7, 11) is 1.61. The lowest BCUT2D eigenvalue weighted by Crippen LogP contribution is -2.43. The molecule has 1 N–H and O–H groups in total. The third-order valence-corrected chi connectivity index (χ3v) is 5.69. The molecule has 0 saturated carbocycles. The number of ether oxygens (including phenoxy) is 1. The lowest BCUT2D eigenvalue weighted by atomic mass is 9.92. The molecule has 0 radical (unpaired) electrons. The molecule has 0 aliphatic carbocycles. The Kier molecular flexibility index (Phi) is 6.54. The minimum Gasteiger partial charge on any atom is -0.497 e. The Morgan fingerprint density at radius 1 is 1.21 bits per heavy atom. The number of hydrogen-bond acceptors (Lipinski definition) is 4. The molecule has 7 heteroatoms. The molecular formula is C21H28N2O5. The van der Waals surface area contributed by atoms with E-state index in [-0.39, 0.29) is 36.5 Å². The van der Waals surface area contributed by atoms with Gasteiger partial charge in [0.1, 0.15) is 5.75 Å². The van der Waals surface area contributed by atoms with Gasteiger partial charge in [0.15, 0.2) is 0 Å². The first-order valence-electron chi connectivity index (χ1n) is 9.87. The normalized spacial score (nSPS) is 22.4. The summed E-state index contributed by atoms with van der Waals surface area (Å²) in [5, 5.41) is 8.87. The van der Waals surface area contributed by atoms with Gasteiger partial charge >= 0.3 is 5.97 Å². The van der Waals surface area contributed by atoms with Crippen molar-refractivity contribution in [2.45, 2.75) is 38.6 Å². The highest BCUT2D eigenvalue weighted by Crippen LogP contribution is 2.27. The van der Waals surface area contributed by atoms with Crippen LogP contribution in [0.3, 0.4) is 0 Å². The van der Waals surface area contributed by atoms with Crippen LogP contribution >= 0.6 is 0 Å². The molecule has 2 saturated heterocycles. The fraction of sp³-hybridized carbons (Fsp3) is 0.571. The predicted octanol–water partition coefficient (Wildman–Crippen LogP) is 2.15. The van der Waals surface area contributed by atoms with Crippen LogP contribution in [0.4, 0.5) is 0 Å². The zero-order valence-electron chi connectivity index (χ0n) is 16.3. The van der Waals surface area contributed by atoms with Crippen LogP contribution in [-0.2, 0) is 20.9 Å². The van der Waals surface area contributed by atoms with Crippen molar-refractivity contribution in [3.8, 4) is 5.75 Å². The third-order valence-electron chi connectivity index (χ3n) is 5.69. The molecule has 2 atom stereocenters. The Hall–Kier alpha value is -2.57. The topological polar surface area (TPSA) is 87.2 Å². The number of benzene rings is 1. The van der Waals surface area contributed by atoms with Gasteiger partial charge in [-0.05, 0) is 42.9 Å². The molecule has 0 aromatic heterocycles. The van der Waals surface area contributed by atoms with Gasteiger partial charge in [0.25, 0.3) is 0 Å². The molecular weight excluding hydrogens is 360 g/mol.